The van der Waals surface area contributed by atoms with Gasteiger partial charge >= 0.3 is 0 Å². The molecular weight excluding hydrogens is 233 g/mol. The summed E-state index contributed by atoms with van der Waals surface area (Å²) in [4.78, 5) is 0. The maximum absolute atomic E-state index is 13.8. The summed E-state index contributed by atoms with van der Waals surface area (Å²) >= 11 is 0. The second-order valence-corrected chi connectivity index (χ2v) is 5.17. The van der Waals surface area contributed by atoms with Crippen molar-refractivity contribution < 1.29 is 14.2 Å². The minimum absolute atomic E-state index is 0.00406. The van der Waals surface area contributed by atoms with Crippen LogP contribution < -0.4 is 10.1 Å². The number of methoxy groups -OCH3 is 1. The van der Waals surface area contributed by atoms with Crippen LogP contribution in [0.4, 0.5) is 4.39 Å². The topological polar surface area (TPSA) is 41.5 Å². The number of rotatable bonds is 7. The molecule has 0 saturated heterocycles. The van der Waals surface area contributed by atoms with Gasteiger partial charge in [-0.3, -0.25) is 0 Å². The summed E-state index contributed by atoms with van der Waals surface area (Å²) in [6.07, 6.45) is 0.723. The largest absolute Gasteiger partial charge is 0.494 e. The highest BCUT2D eigenvalue weighted by Crippen LogP contribution is 2.21. The van der Waals surface area contributed by atoms with E-state index in [1.54, 1.807) is 18.2 Å². The lowest BCUT2D eigenvalue weighted by atomic mass is 9.90. The number of aliphatic hydroxyl groups excluding tert-OH is 1. The van der Waals surface area contributed by atoms with Gasteiger partial charge in [0.15, 0.2) is 11.6 Å². The van der Waals surface area contributed by atoms with Gasteiger partial charge in [0.05, 0.1) is 7.11 Å². The number of aliphatic hydroxyl groups is 1. The second-order valence-electron chi connectivity index (χ2n) is 5.17. The Morgan fingerprint density at radius 1 is 1.39 bits per heavy atom. The van der Waals surface area contributed by atoms with Gasteiger partial charge in [-0.1, -0.05) is 26.0 Å². The van der Waals surface area contributed by atoms with E-state index in [0.717, 1.165) is 13.0 Å². The molecule has 2 N–H and O–H groups in total. The van der Waals surface area contributed by atoms with Crippen molar-refractivity contribution in [1.82, 2.24) is 5.32 Å². The molecule has 18 heavy (non-hydrogen) atoms. The molecule has 3 nitrogen and oxygen atoms in total. The van der Waals surface area contributed by atoms with Crippen LogP contribution in [0, 0.1) is 11.2 Å². The van der Waals surface area contributed by atoms with Crippen LogP contribution in [0.15, 0.2) is 18.2 Å². The van der Waals surface area contributed by atoms with Crippen LogP contribution in [0.3, 0.4) is 0 Å². The first-order valence-electron chi connectivity index (χ1n) is 6.13. The van der Waals surface area contributed by atoms with E-state index in [1.165, 1.54) is 7.11 Å². The number of nitrogens with one attached hydrogen (secondary N) is 1. The molecule has 0 radical (unpaired) electrons. The molecule has 0 aromatic heterocycles. The molecule has 1 aromatic rings. The van der Waals surface area contributed by atoms with Gasteiger partial charge in [-0.2, -0.15) is 0 Å². The molecule has 0 aliphatic rings. The van der Waals surface area contributed by atoms with Gasteiger partial charge < -0.3 is 15.2 Å². The molecule has 0 unspecified atom stereocenters. The monoisotopic (exact) mass is 255 g/mol. The summed E-state index contributed by atoms with van der Waals surface area (Å²) in [5.74, 6) is -0.0450. The van der Waals surface area contributed by atoms with E-state index in [-0.39, 0.29) is 23.6 Å². The Labute approximate surface area is 108 Å². The molecular formula is C14H22FNO2. The zero-order valence-corrected chi connectivity index (χ0v) is 11.3. The molecule has 0 saturated carbocycles. The lowest BCUT2D eigenvalue weighted by molar-refractivity contribution is 0.207. The fraction of sp³-hybridized carbons (Fsp3) is 0.571. The number of hydrogen-bond donors (Lipinski definition) is 2. The summed E-state index contributed by atoms with van der Waals surface area (Å²) in [7, 11) is 1.46. The van der Waals surface area contributed by atoms with Crippen molar-refractivity contribution in [3.8, 4) is 5.75 Å². The fourth-order valence-corrected chi connectivity index (χ4v) is 1.78. The summed E-state index contributed by atoms with van der Waals surface area (Å²) in [6, 6.07) is 5.12. The Morgan fingerprint density at radius 2 is 2.11 bits per heavy atom. The number of halogens is 1. The molecule has 0 bridgehead atoms. The van der Waals surface area contributed by atoms with Crippen molar-refractivity contribution in [2.24, 2.45) is 5.41 Å². The summed E-state index contributed by atoms with van der Waals surface area (Å²) < 4.78 is 18.8. The summed E-state index contributed by atoms with van der Waals surface area (Å²) in [5, 5.41) is 12.1. The molecule has 4 heteroatoms. The van der Waals surface area contributed by atoms with Crippen molar-refractivity contribution in [2.75, 3.05) is 20.3 Å². The summed E-state index contributed by atoms with van der Waals surface area (Å²) in [5.41, 5.74) is 0.596. The van der Waals surface area contributed by atoms with E-state index >= 15 is 0 Å². The maximum atomic E-state index is 13.8. The van der Waals surface area contributed by atoms with E-state index in [1.807, 2.05) is 0 Å². The maximum Gasteiger partial charge on any atom is 0.169 e. The third-order valence-electron chi connectivity index (χ3n) is 2.97. The van der Waals surface area contributed by atoms with Crippen molar-refractivity contribution >= 4 is 0 Å². The van der Waals surface area contributed by atoms with Crippen LogP contribution in [0.2, 0.25) is 0 Å². The van der Waals surface area contributed by atoms with Crippen molar-refractivity contribution in [3.05, 3.63) is 29.6 Å². The van der Waals surface area contributed by atoms with Crippen LogP contribution >= 0.6 is 0 Å². The molecule has 0 spiro atoms. The van der Waals surface area contributed by atoms with E-state index in [0.29, 0.717) is 12.1 Å². The average Bonchev–Trinajstić information content (AvgIpc) is 2.31. The minimum atomic E-state index is -0.313. The van der Waals surface area contributed by atoms with Gasteiger partial charge in [0, 0.05) is 25.3 Å². The van der Waals surface area contributed by atoms with Crippen molar-refractivity contribution in [2.45, 2.75) is 26.8 Å². The molecule has 0 atom stereocenters. The smallest absolute Gasteiger partial charge is 0.169 e. The Kier molecular flexibility index (Phi) is 5.56. The average molecular weight is 255 g/mol. The highest BCUT2D eigenvalue weighted by atomic mass is 19.1. The Bertz CT molecular complexity index is 380. The first-order chi connectivity index (χ1) is 8.50. The molecule has 102 valence electrons. The molecule has 0 heterocycles. The fourth-order valence-electron chi connectivity index (χ4n) is 1.78. The second kappa shape index (κ2) is 6.71. The molecule has 0 aliphatic carbocycles. The summed E-state index contributed by atoms with van der Waals surface area (Å²) in [6.45, 7) is 5.49. The predicted molar refractivity (Wildman–Crippen MR) is 70.1 cm³/mol. The zero-order chi connectivity index (χ0) is 13.6. The van der Waals surface area contributed by atoms with Gasteiger partial charge in [-0.25, -0.2) is 4.39 Å². The first-order valence-corrected chi connectivity index (χ1v) is 6.13. The van der Waals surface area contributed by atoms with E-state index in [9.17, 15) is 4.39 Å². The van der Waals surface area contributed by atoms with Crippen molar-refractivity contribution in [3.63, 3.8) is 0 Å². The standard InChI is InChI=1S/C14H22FNO2/c1-14(2,7-8-17)10-16-9-11-5-4-6-12(18-3)13(11)15/h4-6,16-17H,7-10H2,1-3H3. The highest BCUT2D eigenvalue weighted by molar-refractivity contribution is 5.30. The first kappa shape index (κ1) is 14.9. The van der Waals surface area contributed by atoms with Crippen molar-refractivity contribution in [1.29, 1.82) is 0 Å². The third kappa shape index (κ3) is 4.27. The van der Waals surface area contributed by atoms with Gasteiger partial charge in [-0.05, 0) is 17.9 Å². The quantitative estimate of drug-likeness (QED) is 0.785. The zero-order valence-electron chi connectivity index (χ0n) is 11.3. The van der Waals surface area contributed by atoms with Gasteiger partial charge in [0.25, 0.3) is 0 Å². The van der Waals surface area contributed by atoms with Crippen LogP contribution in [-0.2, 0) is 6.54 Å². The van der Waals surface area contributed by atoms with E-state index in [4.69, 9.17) is 9.84 Å². The highest BCUT2D eigenvalue weighted by Gasteiger charge is 2.17. The van der Waals surface area contributed by atoms with Crippen LogP contribution in [0.1, 0.15) is 25.8 Å². The predicted octanol–water partition coefficient (Wildman–Crippen LogP) is 2.33. The van der Waals surface area contributed by atoms with Crippen LogP contribution in [-0.4, -0.2) is 25.4 Å². The molecule has 1 rings (SSSR count). The molecule has 0 amide bonds. The molecule has 0 aliphatic heterocycles. The van der Waals surface area contributed by atoms with E-state index in [2.05, 4.69) is 19.2 Å². The van der Waals surface area contributed by atoms with Gasteiger partial charge in [0.1, 0.15) is 0 Å². The Morgan fingerprint density at radius 3 is 2.72 bits per heavy atom. The number of hydrogen-bond acceptors (Lipinski definition) is 3. The van der Waals surface area contributed by atoms with Gasteiger partial charge in [0.2, 0.25) is 0 Å². The van der Waals surface area contributed by atoms with Gasteiger partial charge in [-0.15, -0.1) is 0 Å². The third-order valence-corrected chi connectivity index (χ3v) is 2.97. The van der Waals surface area contributed by atoms with Crippen LogP contribution in [0.5, 0.6) is 5.75 Å². The minimum Gasteiger partial charge on any atom is -0.494 e. The lowest BCUT2D eigenvalue weighted by Gasteiger charge is -2.24. The Hall–Kier alpha value is -1.13. The molecule has 0 fully saturated rings. The lowest BCUT2D eigenvalue weighted by Crippen LogP contribution is -2.30. The Balaban J connectivity index is 2.54. The number of benzene rings is 1. The normalized spacial score (nSPS) is 11.6. The van der Waals surface area contributed by atoms with Crippen LogP contribution in [0.25, 0.3) is 0 Å². The van der Waals surface area contributed by atoms with E-state index < -0.39 is 0 Å². The number of ether oxygens (including phenoxy) is 1. The molecule has 1 aromatic carbocycles. The SMILES string of the molecule is COc1cccc(CNCC(C)(C)CCO)c1F.